The molecule has 0 amide bonds. The van der Waals surface area contributed by atoms with Gasteiger partial charge in [-0.2, -0.15) is 0 Å². The standard InChI is InChI=1S/C12H23N3O/c1-4-7-14-8-9-15(12(14)16)10-11(5-2)13-6-3/h8-9,11,13H,4-7,10H2,1-3H3. The van der Waals surface area contributed by atoms with Gasteiger partial charge in [0.1, 0.15) is 0 Å². The molecule has 4 heteroatoms. The third-order valence-corrected chi connectivity index (χ3v) is 2.79. The van der Waals surface area contributed by atoms with Gasteiger partial charge in [-0.1, -0.05) is 20.8 Å². The summed E-state index contributed by atoms with van der Waals surface area (Å²) in [5.74, 6) is 0. The van der Waals surface area contributed by atoms with E-state index in [0.717, 1.165) is 32.5 Å². The molecular weight excluding hydrogens is 202 g/mol. The number of hydrogen-bond donors (Lipinski definition) is 1. The molecule has 1 atom stereocenters. The average molecular weight is 225 g/mol. The Kier molecular flexibility index (Phi) is 5.32. The van der Waals surface area contributed by atoms with E-state index in [9.17, 15) is 4.79 Å². The van der Waals surface area contributed by atoms with Crippen LogP contribution in [0.1, 0.15) is 33.6 Å². The third kappa shape index (κ3) is 3.23. The Morgan fingerprint density at radius 2 is 1.94 bits per heavy atom. The van der Waals surface area contributed by atoms with Gasteiger partial charge >= 0.3 is 5.69 Å². The predicted molar refractivity (Wildman–Crippen MR) is 66.7 cm³/mol. The summed E-state index contributed by atoms with van der Waals surface area (Å²) in [5, 5.41) is 3.38. The molecule has 0 aliphatic carbocycles. The van der Waals surface area contributed by atoms with E-state index >= 15 is 0 Å². The summed E-state index contributed by atoms with van der Waals surface area (Å²) in [6.45, 7) is 8.83. The zero-order valence-corrected chi connectivity index (χ0v) is 10.6. The van der Waals surface area contributed by atoms with Crippen molar-refractivity contribution in [1.82, 2.24) is 14.5 Å². The van der Waals surface area contributed by atoms with Crippen LogP contribution < -0.4 is 11.0 Å². The Bertz CT molecular complexity index is 353. The molecule has 0 saturated carbocycles. The second kappa shape index (κ2) is 6.53. The highest BCUT2D eigenvalue weighted by Gasteiger charge is 2.08. The van der Waals surface area contributed by atoms with E-state index in [4.69, 9.17) is 0 Å². The SMILES string of the molecule is CCCn1ccn(CC(CC)NCC)c1=O. The van der Waals surface area contributed by atoms with Crippen molar-refractivity contribution >= 4 is 0 Å². The molecule has 1 heterocycles. The van der Waals surface area contributed by atoms with E-state index in [2.05, 4.69) is 26.1 Å². The van der Waals surface area contributed by atoms with Crippen LogP contribution in [0.4, 0.5) is 0 Å². The van der Waals surface area contributed by atoms with Gasteiger partial charge in [-0.25, -0.2) is 4.79 Å². The molecule has 1 N–H and O–H groups in total. The zero-order valence-electron chi connectivity index (χ0n) is 10.6. The largest absolute Gasteiger partial charge is 0.328 e. The van der Waals surface area contributed by atoms with Crippen LogP contribution in [0.15, 0.2) is 17.2 Å². The molecule has 1 unspecified atom stereocenters. The Balaban J connectivity index is 2.69. The lowest BCUT2D eigenvalue weighted by Crippen LogP contribution is -2.36. The molecule has 0 aliphatic rings. The summed E-state index contributed by atoms with van der Waals surface area (Å²) < 4.78 is 3.57. The third-order valence-electron chi connectivity index (χ3n) is 2.79. The van der Waals surface area contributed by atoms with Gasteiger partial charge in [-0.05, 0) is 19.4 Å². The molecule has 0 radical (unpaired) electrons. The number of hydrogen-bond acceptors (Lipinski definition) is 2. The summed E-state index contributed by atoms with van der Waals surface area (Å²) in [7, 11) is 0. The second-order valence-electron chi connectivity index (χ2n) is 4.09. The molecule has 0 bridgehead atoms. The lowest BCUT2D eigenvalue weighted by atomic mass is 10.2. The minimum atomic E-state index is 0.109. The summed E-state index contributed by atoms with van der Waals surface area (Å²) in [4.78, 5) is 11.9. The molecule has 0 aliphatic heterocycles. The van der Waals surface area contributed by atoms with E-state index < -0.39 is 0 Å². The number of likely N-dealkylation sites (N-methyl/N-ethyl adjacent to an activating group) is 1. The Morgan fingerprint density at radius 3 is 2.50 bits per heavy atom. The molecule has 0 saturated heterocycles. The van der Waals surface area contributed by atoms with Crippen molar-refractivity contribution in [3.05, 3.63) is 22.9 Å². The van der Waals surface area contributed by atoms with E-state index in [1.54, 1.807) is 9.13 Å². The van der Waals surface area contributed by atoms with Crippen molar-refractivity contribution in [3.63, 3.8) is 0 Å². The fourth-order valence-electron chi connectivity index (χ4n) is 1.87. The van der Waals surface area contributed by atoms with E-state index in [-0.39, 0.29) is 5.69 Å². The molecule has 0 spiro atoms. The highest BCUT2D eigenvalue weighted by Crippen LogP contribution is 1.96. The lowest BCUT2D eigenvalue weighted by Gasteiger charge is -2.15. The van der Waals surface area contributed by atoms with Crippen molar-refractivity contribution in [3.8, 4) is 0 Å². The Morgan fingerprint density at radius 1 is 1.25 bits per heavy atom. The maximum absolute atomic E-state index is 11.9. The van der Waals surface area contributed by atoms with Crippen molar-refractivity contribution in [2.75, 3.05) is 6.54 Å². The minimum absolute atomic E-state index is 0.109. The smallest absolute Gasteiger partial charge is 0.312 e. The predicted octanol–water partition coefficient (Wildman–Crippen LogP) is 1.45. The van der Waals surface area contributed by atoms with Crippen LogP contribution in [0.3, 0.4) is 0 Å². The molecule has 1 aromatic heterocycles. The first-order valence-electron chi connectivity index (χ1n) is 6.21. The number of aromatic nitrogens is 2. The first kappa shape index (κ1) is 13.0. The quantitative estimate of drug-likeness (QED) is 0.763. The molecule has 16 heavy (non-hydrogen) atoms. The van der Waals surface area contributed by atoms with E-state index in [0.29, 0.717) is 6.04 Å². The summed E-state index contributed by atoms with van der Waals surface area (Å²) in [6, 6.07) is 0.389. The molecule has 1 aromatic rings. The van der Waals surface area contributed by atoms with Crippen LogP contribution in [0, 0.1) is 0 Å². The van der Waals surface area contributed by atoms with Gasteiger partial charge in [0.2, 0.25) is 0 Å². The van der Waals surface area contributed by atoms with Crippen LogP contribution >= 0.6 is 0 Å². The average Bonchev–Trinajstić information content (AvgIpc) is 2.61. The lowest BCUT2D eigenvalue weighted by molar-refractivity contribution is 0.436. The molecule has 92 valence electrons. The number of rotatable bonds is 7. The molecular formula is C12H23N3O. The minimum Gasteiger partial charge on any atom is -0.312 e. The first-order valence-corrected chi connectivity index (χ1v) is 6.21. The maximum atomic E-state index is 11.9. The number of nitrogens with one attached hydrogen (secondary N) is 1. The van der Waals surface area contributed by atoms with Crippen LogP contribution in [0.5, 0.6) is 0 Å². The molecule has 0 fully saturated rings. The highest BCUT2D eigenvalue weighted by molar-refractivity contribution is 4.83. The van der Waals surface area contributed by atoms with Crippen molar-refractivity contribution in [1.29, 1.82) is 0 Å². The molecule has 1 rings (SSSR count). The van der Waals surface area contributed by atoms with Crippen LogP contribution in [-0.2, 0) is 13.1 Å². The van der Waals surface area contributed by atoms with Crippen molar-refractivity contribution in [2.45, 2.75) is 52.7 Å². The normalized spacial score (nSPS) is 12.9. The summed E-state index contributed by atoms with van der Waals surface area (Å²) in [6.07, 6.45) is 5.80. The molecule has 0 aromatic carbocycles. The number of imidazole rings is 1. The van der Waals surface area contributed by atoms with Gasteiger partial charge in [-0.3, -0.25) is 9.13 Å². The fourth-order valence-corrected chi connectivity index (χ4v) is 1.87. The monoisotopic (exact) mass is 225 g/mol. The van der Waals surface area contributed by atoms with E-state index in [1.165, 1.54) is 0 Å². The fraction of sp³-hybridized carbons (Fsp3) is 0.750. The van der Waals surface area contributed by atoms with Crippen molar-refractivity contribution < 1.29 is 0 Å². The zero-order chi connectivity index (χ0) is 12.0. The van der Waals surface area contributed by atoms with Crippen molar-refractivity contribution in [2.24, 2.45) is 0 Å². The first-order chi connectivity index (χ1) is 7.72. The topological polar surface area (TPSA) is 39.0 Å². The highest BCUT2D eigenvalue weighted by atomic mass is 16.1. The maximum Gasteiger partial charge on any atom is 0.328 e. The van der Waals surface area contributed by atoms with Gasteiger partial charge in [-0.15, -0.1) is 0 Å². The van der Waals surface area contributed by atoms with Gasteiger partial charge < -0.3 is 5.32 Å². The number of aryl methyl sites for hydroxylation is 1. The van der Waals surface area contributed by atoms with Crippen LogP contribution in [0.25, 0.3) is 0 Å². The summed E-state index contributed by atoms with van der Waals surface area (Å²) >= 11 is 0. The Labute approximate surface area is 97.3 Å². The van der Waals surface area contributed by atoms with Gasteiger partial charge in [0.25, 0.3) is 0 Å². The van der Waals surface area contributed by atoms with Gasteiger partial charge in [0, 0.05) is 31.5 Å². The second-order valence-corrected chi connectivity index (χ2v) is 4.09. The summed E-state index contributed by atoms with van der Waals surface area (Å²) in [5.41, 5.74) is 0.109. The molecule has 4 nitrogen and oxygen atoms in total. The van der Waals surface area contributed by atoms with Gasteiger partial charge in [0.15, 0.2) is 0 Å². The van der Waals surface area contributed by atoms with Crippen LogP contribution in [0.2, 0.25) is 0 Å². The Hall–Kier alpha value is -1.03. The van der Waals surface area contributed by atoms with Crippen LogP contribution in [-0.4, -0.2) is 21.7 Å². The van der Waals surface area contributed by atoms with E-state index in [1.807, 2.05) is 12.4 Å². The van der Waals surface area contributed by atoms with Gasteiger partial charge in [0.05, 0.1) is 0 Å². The number of nitrogens with zero attached hydrogens (tertiary/aromatic N) is 2.